The molecule has 0 aliphatic heterocycles. The Bertz CT molecular complexity index is 1160. The number of aryl methyl sites for hydroxylation is 1. The summed E-state index contributed by atoms with van der Waals surface area (Å²) in [5, 5.41) is 8.72. The van der Waals surface area contributed by atoms with E-state index in [1.807, 2.05) is 25.1 Å². The summed E-state index contributed by atoms with van der Waals surface area (Å²) in [6.07, 6.45) is 5.93. The number of unbranched alkanes of at least 4 members (excludes halogenated alkanes) is 4. The highest BCUT2D eigenvalue weighted by atomic mass is 32.1. The fourth-order valence-corrected chi connectivity index (χ4v) is 3.77. The summed E-state index contributed by atoms with van der Waals surface area (Å²) in [5.74, 6) is 0.267. The molecule has 3 aromatic rings. The Balaban J connectivity index is 1.43. The van der Waals surface area contributed by atoms with Crippen molar-refractivity contribution in [3.63, 3.8) is 0 Å². The van der Waals surface area contributed by atoms with Gasteiger partial charge < -0.3 is 15.4 Å². The molecule has 0 radical (unpaired) electrons. The van der Waals surface area contributed by atoms with E-state index in [0.29, 0.717) is 29.1 Å². The van der Waals surface area contributed by atoms with Crippen LogP contribution >= 0.6 is 12.2 Å². The number of hydrogen-bond donors (Lipinski definition) is 3. The minimum absolute atomic E-state index is 0.175. The van der Waals surface area contributed by atoms with Crippen LogP contribution in [0.15, 0.2) is 72.8 Å². The van der Waals surface area contributed by atoms with Crippen molar-refractivity contribution in [1.29, 1.82) is 0 Å². The molecule has 0 heterocycles. The van der Waals surface area contributed by atoms with Gasteiger partial charge in [0.2, 0.25) is 0 Å². The standard InChI is InChI=1S/C29H33N3O3S/c1-3-4-5-6-7-19-35-26-17-11-22(12-18-26)27(33)32-29(36)31-25-15-13-24(14-16-25)30-28(34)23-10-8-9-21(2)20-23/h8-18,20H,3-7,19H2,1-2H3,(H,30,34)(H2,31,32,33,36). The van der Waals surface area contributed by atoms with Gasteiger partial charge in [-0.25, -0.2) is 0 Å². The van der Waals surface area contributed by atoms with Crippen LogP contribution in [0.3, 0.4) is 0 Å². The van der Waals surface area contributed by atoms with Crippen LogP contribution in [0.2, 0.25) is 0 Å². The monoisotopic (exact) mass is 503 g/mol. The average molecular weight is 504 g/mol. The molecule has 3 aromatic carbocycles. The molecule has 6 nitrogen and oxygen atoms in total. The Morgan fingerprint density at radius 1 is 0.778 bits per heavy atom. The van der Waals surface area contributed by atoms with Gasteiger partial charge in [-0.15, -0.1) is 0 Å². The number of amides is 2. The first kappa shape index (κ1) is 26.9. The number of carbonyl (C=O) groups excluding carboxylic acids is 2. The van der Waals surface area contributed by atoms with Crippen molar-refractivity contribution >= 4 is 40.5 Å². The molecule has 3 rings (SSSR count). The summed E-state index contributed by atoms with van der Waals surface area (Å²) in [5.41, 5.74) is 3.46. The van der Waals surface area contributed by atoms with Crippen LogP contribution in [0.1, 0.15) is 65.3 Å². The maximum Gasteiger partial charge on any atom is 0.257 e. The average Bonchev–Trinajstić information content (AvgIpc) is 2.87. The summed E-state index contributed by atoms with van der Waals surface area (Å²) >= 11 is 5.28. The molecule has 0 aliphatic carbocycles. The van der Waals surface area contributed by atoms with E-state index in [2.05, 4.69) is 22.9 Å². The van der Waals surface area contributed by atoms with Crippen molar-refractivity contribution in [3.05, 3.63) is 89.5 Å². The van der Waals surface area contributed by atoms with Crippen LogP contribution in [0, 0.1) is 6.92 Å². The minimum Gasteiger partial charge on any atom is -0.494 e. The van der Waals surface area contributed by atoms with Crippen LogP contribution < -0.4 is 20.7 Å². The van der Waals surface area contributed by atoms with E-state index in [9.17, 15) is 9.59 Å². The fraction of sp³-hybridized carbons (Fsp3) is 0.276. The summed E-state index contributed by atoms with van der Waals surface area (Å²) in [4.78, 5) is 24.9. The van der Waals surface area contributed by atoms with Crippen LogP contribution in [0.5, 0.6) is 5.75 Å². The Kier molecular flexibility index (Phi) is 10.5. The number of benzene rings is 3. The SMILES string of the molecule is CCCCCCCOc1ccc(C(=O)NC(=S)Nc2ccc(NC(=O)c3cccc(C)c3)cc2)cc1. The lowest BCUT2D eigenvalue weighted by Gasteiger charge is -2.11. The lowest BCUT2D eigenvalue weighted by Crippen LogP contribution is -2.34. The smallest absolute Gasteiger partial charge is 0.257 e. The van der Waals surface area contributed by atoms with Gasteiger partial charge in [-0.1, -0.05) is 50.3 Å². The molecule has 188 valence electrons. The Hall–Kier alpha value is -3.71. The number of rotatable bonds is 11. The number of carbonyl (C=O) groups is 2. The predicted molar refractivity (Wildman–Crippen MR) is 150 cm³/mol. The largest absolute Gasteiger partial charge is 0.494 e. The lowest BCUT2D eigenvalue weighted by atomic mass is 10.1. The predicted octanol–water partition coefficient (Wildman–Crippen LogP) is 6.72. The third-order valence-electron chi connectivity index (χ3n) is 5.54. The zero-order chi connectivity index (χ0) is 25.8. The third-order valence-corrected chi connectivity index (χ3v) is 5.75. The van der Waals surface area contributed by atoms with Crippen LogP contribution in [0.4, 0.5) is 11.4 Å². The van der Waals surface area contributed by atoms with Gasteiger partial charge in [0.05, 0.1) is 6.61 Å². The molecule has 0 saturated carbocycles. The highest BCUT2D eigenvalue weighted by Crippen LogP contribution is 2.16. The van der Waals surface area contributed by atoms with Gasteiger partial charge in [0, 0.05) is 22.5 Å². The fourth-order valence-electron chi connectivity index (χ4n) is 3.56. The van der Waals surface area contributed by atoms with Crippen molar-refractivity contribution in [2.24, 2.45) is 0 Å². The van der Waals surface area contributed by atoms with Gasteiger partial charge in [0.15, 0.2) is 5.11 Å². The number of anilines is 2. The van der Waals surface area contributed by atoms with Gasteiger partial charge in [-0.3, -0.25) is 14.9 Å². The number of nitrogens with one attached hydrogen (secondary N) is 3. The molecule has 0 atom stereocenters. The number of ether oxygens (including phenoxy) is 1. The molecule has 7 heteroatoms. The summed E-state index contributed by atoms with van der Waals surface area (Å²) in [6.45, 7) is 4.82. The van der Waals surface area contributed by atoms with E-state index in [1.165, 1.54) is 25.7 Å². The zero-order valence-electron chi connectivity index (χ0n) is 20.8. The van der Waals surface area contributed by atoms with E-state index >= 15 is 0 Å². The van der Waals surface area contributed by atoms with Crippen LogP contribution in [0.25, 0.3) is 0 Å². The van der Waals surface area contributed by atoms with Crippen molar-refractivity contribution in [3.8, 4) is 5.75 Å². The normalized spacial score (nSPS) is 10.4. The quantitative estimate of drug-likeness (QED) is 0.200. The molecule has 36 heavy (non-hydrogen) atoms. The zero-order valence-corrected chi connectivity index (χ0v) is 21.6. The molecular formula is C29H33N3O3S. The Morgan fingerprint density at radius 3 is 2.11 bits per heavy atom. The molecule has 0 bridgehead atoms. The second kappa shape index (κ2) is 14.0. The second-order valence-electron chi connectivity index (χ2n) is 8.60. The van der Waals surface area contributed by atoms with E-state index in [4.69, 9.17) is 17.0 Å². The molecule has 0 spiro atoms. The summed E-state index contributed by atoms with van der Waals surface area (Å²) in [6, 6.07) is 21.5. The third kappa shape index (κ3) is 8.82. The Labute approximate surface area is 218 Å². The highest BCUT2D eigenvalue weighted by molar-refractivity contribution is 7.80. The van der Waals surface area contributed by atoms with Gasteiger partial charge in [-0.05, 0) is 86.2 Å². The number of hydrogen-bond acceptors (Lipinski definition) is 4. The van der Waals surface area contributed by atoms with Gasteiger partial charge in [-0.2, -0.15) is 0 Å². The van der Waals surface area contributed by atoms with Gasteiger partial charge in [0.1, 0.15) is 5.75 Å². The lowest BCUT2D eigenvalue weighted by molar-refractivity contribution is 0.0976. The molecule has 0 unspecified atom stereocenters. The summed E-state index contributed by atoms with van der Waals surface area (Å²) in [7, 11) is 0. The van der Waals surface area contributed by atoms with E-state index in [-0.39, 0.29) is 16.9 Å². The first-order valence-electron chi connectivity index (χ1n) is 12.3. The maximum absolute atomic E-state index is 12.5. The molecule has 0 aromatic heterocycles. The minimum atomic E-state index is -0.305. The number of thiocarbonyl (C=S) groups is 1. The van der Waals surface area contributed by atoms with Crippen molar-refractivity contribution in [2.75, 3.05) is 17.2 Å². The van der Waals surface area contributed by atoms with Crippen LogP contribution in [-0.4, -0.2) is 23.5 Å². The van der Waals surface area contributed by atoms with Gasteiger partial charge >= 0.3 is 0 Å². The van der Waals surface area contributed by atoms with Crippen LogP contribution in [-0.2, 0) is 0 Å². The molecule has 0 fully saturated rings. The Morgan fingerprint density at radius 2 is 1.44 bits per heavy atom. The van der Waals surface area contributed by atoms with Crippen molar-refractivity contribution in [2.45, 2.75) is 46.0 Å². The van der Waals surface area contributed by atoms with Crippen molar-refractivity contribution < 1.29 is 14.3 Å². The summed E-state index contributed by atoms with van der Waals surface area (Å²) < 4.78 is 5.75. The topological polar surface area (TPSA) is 79.5 Å². The maximum atomic E-state index is 12.5. The van der Waals surface area contributed by atoms with Crippen molar-refractivity contribution in [1.82, 2.24) is 5.32 Å². The van der Waals surface area contributed by atoms with Gasteiger partial charge in [0.25, 0.3) is 11.8 Å². The van der Waals surface area contributed by atoms with E-state index in [0.717, 1.165) is 17.7 Å². The van der Waals surface area contributed by atoms with E-state index < -0.39 is 0 Å². The molecule has 0 aliphatic rings. The molecular weight excluding hydrogens is 470 g/mol. The molecule has 0 saturated heterocycles. The van der Waals surface area contributed by atoms with E-state index in [1.54, 1.807) is 54.6 Å². The highest BCUT2D eigenvalue weighted by Gasteiger charge is 2.09. The second-order valence-corrected chi connectivity index (χ2v) is 9.00. The molecule has 3 N–H and O–H groups in total. The molecule has 2 amide bonds. The first-order valence-corrected chi connectivity index (χ1v) is 12.7. The first-order chi connectivity index (χ1) is 17.4.